The fourth-order valence-electron chi connectivity index (χ4n) is 2.62. The summed E-state index contributed by atoms with van der Waals surface area (Å²) in [4.78, 5) is 0. The molecule has 120 valence electrons. The maximum atomic E-state index is 5.92. The van der Waals surface area contributed by atoms with E-state index in [1.165, 1.54) is 36.9 Å². The Balaban J connectivity index is 1.47. The average Bonchev–Trinajstić information content (AvgIpc) is 3.01. The Kier molecular flexibility index (Phi) is 7.04. The first-order valence-electron chi connectivity index (χ1n) is 8.30. The van der Waals surface area contributed by atoms with Crippen molar-refractivity contribution in [2.75, 3.05) is 13.2 Å². The minimum atomic E-state index is 0.821. The van der Waals surface area contributed by atoms with Crippen molar-refractivity contribution in [3.8, 4) is 5.75 Å². The summed E-state index contributed by atoms with van der Waals surface area (Å²) in [6.45, 7) is 7.15. The molecule has 0 atom stereocenters. The standard InChI is InChI=1S/C19H27NO2/c1-16-9-7-10-17(2)19(16)22-13-6-4-3-5-12-20-15-18-11-8-14-21-18/h7-11,14,20H,3-6,12-13,15H2,1-2H3/p+1. The number of para-hydroxylation sites is 1. The Morgan fingerprint density at radius 3 is 2.45 bits per heavy atom. The molecule has 0 amide bonds. The minimum absolute atomic E-state index is 0.821. The van der Waals surface area contributed by atoms with Crippen LogP contribution in [0.2, 0.25) is 0 Å². The summed E-state index contributed by atoms with van der Waals surface area (Å²) in [7, 11) is 0. The predicted molar refractivity (Wildman–Crippen MR) is 89.1 cm³/mol. The van der Waals surface area contributed by atoms with Gasteiger partial charge in [-0.3, -0.25) is 0 Å². The van der Waals surface area contributed by atoms with E-state index in [4.69, 9.17) is 9.15 Å². The van der Waals surface area contributed by atoms with Crippen molar-refractivity contribution in [2.45, 2.75) is 46.1 Å². The highest BCUT2D eigenvalue weighted by atomic mass is 16.5. The molecule has 1 aromatic carbocycles. The predicted octanol–water partition coefficient (Wildman–Crippen LogP) is 3.60. The lowest BCUT2D eigenvalue weighted by Gasteiger charge is -2.11. The van der Waals surface area contributed by atoms with Crippen LogP contribution < -0.4 is 10.1 Å². The molecule has 1 aromatic heterocycles. The van der Waals surface area contributed by atoms with Crippen LogP contribution >= 0.6 is 0 Å². The van der Waals surface area contributed by atoms with E-state index in [0.717, 1.165) is 31.1 Å². The number of nitrogens with two attached hydrogens (primary N) is 1. The topological polar surface area (TPSA) is 39.0 Å². The normalized spacial score (nSPS) is 10.8. The zero-order chi connectivity index (χ0) is 15.6. The molecule has 2 aromatic rings. The monoisotopic (exact) mass is 302 g/mol. The van der Waals surface area contributed by atoms with E-state index < -0.39 is 0 Å². The Morgan fingerprint density at radius 2 is 1.73 bits per heavy atom. The molecule has 2 rings (SSSR count). The molecule has 0 unspecified atom stereocenters. The number of unbranched alkanes of at least 4 members (excludes halogenated alkanes) is 3. The second kappa shape index (κ2) is 9.31. The lowest BCUT2D eigenvalue weighted by atomic mass is 10.1. The summed E-state index contributed by atoms with van der Waals surface area (Å²) in [5.41, 5.74) is 2.46. The zero-order valence-electron chi connectivity index (χ0n) is 13.8. The average molecular weight is 302 g/mol. The van der Waals surface area contributed by atoms with Gasteiger partial charge in [0.25, 0.3) is 0 Å². The number of aryl methyl sites for hydroxylation is 2. The third kappa shape index (κ3) is 5.57. The van der Waals surface area contributed by atoms with Crippen LogP contribution in [-0.2, 0) is 6.54 Å². The van der Waals surface area contributed by atoms with Crippen molar-refractivity contribution in [1.29, 1.82) is 0 Å². The summed E-state index contributed by atoms with van der Waals surface area (Å²) in [5.74, 6) is 2.12. The number of benzene rings is 1. The van der Waals surface area contributed by atoms with Crippen molar-refractivity contribution in [3.63, 3.8) is 0 Å². The molecule has 0 aliphatic rings. The first-order valence-corrected chi connectivity index (χ1v) is 8.30. The van der Waals surface area contributed by atoms with E-state index in [1.807, 2.05) is 12.1 Å². The summed E-state index contributed by atoms with van der Waals surface area (Å²) >= 11 is 0. The van der Waals surface area contributed by atoms with Crippen LogP contribution in [-0.4, -0.2) is 13.2 Å². The van der Waals surface area contributed by atoms with Crippen LogP contribution in [0.25, 0.3) is 0 Å². The molecule has 0 fully saturated rings. The molecule has 22 heavy (non-hydrogen) atoms. The molecule has 0 saturated carbocycles. The molecule has 0 radical (unpaired) electrons. The quantitative estimate of drug-likeness (QED) is 0.681. The van der Waals surface area contributed by atoms with Crippen LogP contribution in [0.5, 0.6) is 5.75 Å². The second-order valence-corrected chi connectivity index (χ2v) is 5.84. The summed E-state index contributed by atoms with van der Waals surface area (Å²) in [6.07, 6.45) is 6.62. The Labute approximate surface area is 133 Å². The van der Waals surface area contributed by atoms with Gasteiger partial charge in [-0.15, -0.1) is 0 Å². The van der Waals surface area contributed by atoms with Crippen molar-refractivity contribution in [3.05, 3.63) is 53.5 Å². The zero-order valence-corrected chi connectivity index (χ0v) is 13.8. The summed E-state index contributed by atoms with van der Waals surface area (Å²) < 4.78 is 11.2. The van der Waals surface area contributed by atoms with Gasteiger partial charge in [0.1, 0.15) is 12.3 Å². The third-order valence-corrected chi connectivity index (χ3v) is 3.88. The van der Waals surface area contributed by atoms with Gasteiger partial charge in [0.2, 0.25) is 0 Å². The van der Waals surface area contributed by atoms with Crippen molar-refractivity contribution < 1.29 is 14.5 Å². The van der Waals surface area contributed by atoms with Gasteiger partial charge in [-0.2, -0.15) is 0 Å². The first kappa shape index (κ1) is 16.6. The molecule has 1 heterocycles. The molecular weight excluding hydrogens is 274 g/mol. The van der Waals surface area contributed by atoms with Crippen LogP contribution in [0.4, 0.5) is 0 Å². The van der Waals surface area contributed by atoms with Crippen LogP contribution in [0.1, 0.15) is 42.6 Å². The van der Waals surface area contributed by atoms with Crippen LogP contribution in [0.15, 0.2) is 41.0 Å². The molecule has 0 spiro atoms. The molecule has 0 aliphatic heterocycles. The highest BCUT2D eigenvalue weighted by Gasteiger charge is 2.02. The molecule has 2 N–H and O–H groups in total. The molecular formula is C19H28NO2+. The van der Waals surface area contributed by atoms with Crippen molar-refractivity contribution >= 4 is 0 Å². The highest BCUT2D eigenvalue weighted by Crippen LogP contribution is 2.22. The second-order valence-electron chi connectivity index (χ2n) is 5.84. The Morgan fingerprint density at radius 1 is 0.955 bits per heavy atom. The third-order valence-electron chi connectivity index (χ3n) is 3.88. The van der Waals surface area contributed by atoms with Crippen LogP contribution in [0.3, 0.4) is 0 Å². The van der Waals surface area contributed by atoms with Crippen molar-refractivity contribution in [2.24, 2.45) is 0 Å². The smallest absolute Gasteiger partial charge is 0.157 e. The van der Waals surface area contributed by atoms with Gasteiger partial charge in [0.05, 0.1) is 19.4 Å². The van der Waals surface area contributed by atoms with E-state index in [-0.39, 0.29) is 0 Å². The minimum Gasteiger partial charge on any atom is -0.493 e. The maximum absolute atomic E-state index is 5.92. The number of quaternary nitrogens is 1. The Bertz CT molecular complexity index is 514. The van der Waals surface area contributed by atoms with Gasteiger partial charge < -0.3 is 14.5 Å². The fourth-order valence-corrected chi connectivity index (χ4v) is 2.62. The van der Waals surface area contributed by atoms with E-state index in [9.17, 15) is 0 Å². The lowest BCUT2D eigenvalue weighted by Crippen LogP contribution is -2.82. The van der Waals surface area contributed by atoms with E-state index >= 15 is 0 Å². The van der Waals surface area contributed by atoms with Gasteiger partial charge in [-0.25, -0.2) is 0 Å². The van der Waals surface area contributed by atoms with Gasteiger partial charge in [0, 0.05) is 0 Å². The van der Waals surface area contributed by atoms with Crippen LogP contribution in [0, 0.1) is 13.8 Å². The fraction of sp³-hybridized carbons (Fsp3) is 0.474. The maximum Gasteiger partial charge on any atom is 0.157 e. The molecule has 3 heteroatoms. The number of ether oxygens (including phenoxy) is 1. The van der Waals surface area contributed by atoms with Gasteiger partial charge in [0.15, 0.2) is 5.76 Å². The highest BCUT2D eigenvalue weighted by molar-refractivity contribution is 5.39. The largest absolute Gasteiger partial charge is 0.493 e. The van der Waals surface area contributed by atoms with Gasteiger partial charge in [-0.05, 0) is 62.8 Å². The first-order chi connectivity index (χ1) is 10.8. The lowest BCUT2D eigenvalue weighted by molar-refractivity contribution is -0.672. The van der Waals surface area contributed by atoms with Crippen molar-refractivity contribution in [1.82, 2.24) is 0 Å². The number of furan rings is 1. The summed E-state index contributed by atoms with van der Waals surface area (Å²) in [5, 5.41) is 2.31. The van der Waals surface area contributed by atoms with Gasteiger partial charge in [-0.1, -0.05) is 18.2 Å². The van der Waals surface area contributed by atoms with E-state index in [2.05, 4.69) is 37.4 Å². The number of hydrogen-bond acceptors (Lipinski definition) is 2. The summed E-state index contributed by atoms with van der Waals surface area (Å²) in [6, 6.07) is 10.3. The number of rotatable bonds is 10. The Hall–Kier alpha value is -1.74. The van der Waals surface area contributed by atoms with E-state index in [0.29, 0.717) is 0 Å². The van der Waals surface area contributed by atoms with Gasteiger partial charge >= 0.3 is 0 Å². The molecule has 0 bridgehead atoms. The molecule has 3 nitrogen and oxygen atoms in total. The molecule has 0 saturated heterocycles. The number of hydrogen-bond donors (Lipinski definition) is 1. The van der Waals surface area contributed by atoms with E-state index in [1.54, 1.807) is 6.26 Å². The SMILES string of the molecule is Cc1cccc(C)c1OCCCCCC[NH2+]Cc1ccco1. The molecule has 0 aliphatic carbocycles.